The number of hydrogen-bond acceptors (Lipinski definition) is 5. The van der Waals surface area contributed by atoms with Crippen molar-refractivity contribution >= 4 is 11.3 Å². The third kappa shape index (κ3) is 3.92. The molecule has 3 aromatic rings. The summed E-state index contributed by atoms with van der Waals surface area (Å²) < 4.78 is 0. The van der Waals surface area contributed by atoms with Gasteiger partial charge in [-0.3, -0.25) is 14.7 Å². The molecule has 1 fully saturated rings. The summed E-state index contributed by atoms with van der Waals surface area (Å²) >= 11 is 1.86. The van der Waals surface area contributed by atoms with E-state index in [9.17, 15) is 4.79 Å². The van der Waals surface area contributed by atoms with Gasteiger partial charge in [0, 0.05) is 52.8 Å². The summed E-state index contributed by atoms with van der Waals surface area (Å²) in [7, 11) is 0. The minimum Gasteiger partial charge on any atom is -0.306 e. The third-order valence-electron chi connectivity index (χ3n) is 4.80. The molecule has 0 amide bonds. The molecule has 1 N–H and O–H groups in total. The molecule has 3 aromatic heterocycles. The molecule has 0 aliphatic carbocycles. The van der Waals surface area contributed by atoms with Crippen molar-refractivity contribution in [1.82, 2.24) is 19.9 Å². The number of H-pyrrole nitrogens is 1. The van der Waals surface area contributed by atoms with E-state index in [2.05, 4.69) is 33.9 Å². The number of pyridine rings is 1. The Balaban J connectivity index is 1.55. The van der Waals surface area contributed by atoms with Gasteiger partial charge in [-0.1, -0.05) is 0 Å². The van der Waals surface area contributed by atoms with Crippen LogP contribution in [0.4, 0.5) is 0 Å². The molecule has 1 saturated heterocycles. The maximum atomic E-state index is 12.2. The highest BCUT2D eigenvalue weighted by molar-refractivity contribution is 7.11. The first-order valence-corrected chi connectivity index (χ1v) is 9.78. The normalized spacial score (nSPS) is 18.1. The molecule has 6 heteroatoms. The Morgan fingerprint density at radius 2 is 2.27 bits per heavy atom. The van der Waals surface area contributed by atoms with Gasteiger partial charge in [0.1, 0.15) is 5.82 Å². The standard InChI is InChI=1S/C20H22N4OS/c1-14-6-7-17(26-14)13-24-9-3-5-16(12-24)18-10-19(25)23-20(22-18)15-4-2-8-21-11-15/h2,4,6-8,10-11,16H,3,5,9,12-13H2,1H3,(H,22,23,25)/t16-/m1/s1. The number of aryl methyl sites for hydroxylation is 1. The lowest BCUT2D eigenvalue weighted by Crippen LogP contribution is -2.34. The lowest BCUT2D eigenvalue weighted by atomic mass is 9.94. The van der Waals surface area contributed by atoms with Crippen LogP contribution in [0.25, 0.3) is 11.4 Å². The highest BCUT2D eigenvalue weighted by Gasteiger charge is 2.23. The van der Waals surface area contributed by atoms with Gasteiger partial charge < -0.3 is 4.98 Å². The average Bonchev–Trinajstić information content (AvgIpc) is 3.07. The van der Waals surface area contributed by atoms with Crippen molar-refractivity contribution in [3.63, 3.8) is 0 Å². The Kier molecular flexibility index (Phi) is 4.95. The molecule has 5 nitrogen and oxygen atoms in total. The van der Waals surface area contributed by atoms with Crippen LogP contribution in [-0.4, -0.2) is 32.9 Å². The van der Waals surface area contributed by atoms with E-state index in [4.69, 9.17) is 4.98 Å². The summed E-state index contributed by atoms with van der Waals surface area (Å²) in [6, 6.07) is 9.83. The fourth-order valence-corrected chi connectivity index (χ4v) is 4.49. The lowest BCUT2D eigenvalue weighted by Gasteiger charge is -2.32. The number of rotatable bonds is 4. The maximum absolute atomic E-state index is 12.2. The van der Waals surface area contributed by atoms with Crippen LogP contribution in [0.5, 0.6) is 0 Å². The van der Waals surface area contributed by atoms with Gasteiger partial charge >= 0.3 is 0 Å². The van der Waals surface area contributed by atoms with Crippen molar-refractivity contribution in [2.24, 2.45) is 0 Å². The van der Waals surface area contributed by atoms with Crippen LogP contribution in [0, 0.1) is 6.92 Å². The molecule has 26 heavy (non-hydrogen) atoms. The summed E-state index contributed by atoms with van der Waals surface area (Å²) in [5.41, 5.74) is 1.63. The number of nitrogens with one attached hydrogen (secondary N) is 1. The molecule has 4 rings (SSSR count). The largest absolute Gasteiger partial charge is 0.306 e. The number of piperidine rings is 1. The van der Waals surface area contributed by atoms with E-state index in [1.807, 2.05) is 23.5 Å². The Labute approximate surface area is 156 Å². The summed E-state index contributed by atoms with van der Waals surface area (Å²) in [5.74, 6) is 0.897. The van der Waals surface area contributed by atoms with Crippen molar-refractivity contribution in [2.75, 3.05) is 13.1 Å². The first kappa shape index (κ1) is 17.1. The second-order valence-corrected chi connectivity index (χ2v) is 8.22. The molecule has 134 valence electrons. The van der Waals surface area contributed by atoms with Crippen LogP contribution >= 0.6 is 11.3 Å². The van der Waals surface area contributed by atoms with Crippen LogP contribution in [0.1, 0.15) is 34.2 Å². The molecule has 4 heterocycles. The van der Waals surface area contributed by atoms with Gasteiger partial charge in [0.25, 0.3) is 5.56 Å². The zero-order valence-electron chi connectivity index (χ0n) is 14.8. The molecular weight excluding hydrogens is 344 g/mol. The SMILES string of the molecule is Cc1ccc(CN2CCC[C@@H](c3cc(=O)[nH]c(-c4cccnc4)n3)C2)s1. The van der Waals surface area contributed by atoms with E-state index in [1.165, 1.54) is 9.75 Å². The van der Waals surface area contributed by atoms with Gasteiger partial charge in [0.05, 0.1) is 5.69 Å². The molecule has 0 bridgehead atoms. The second kappa shape index (κ2) is 7.51. The summed E-state index contributed by atoms with van der Waals surface area (Å²) in [4.78, 5) is 29.1. The van der Waals surface area contributed by atoms with Crippen molar-refractivity contribution < 1.29 is 0 Å². The van der Waals surface area contributed by atoms with Crippen LogP contribution in [0.15, 0.2) is 47.5 Å². The van der Waals surface area contributed by atoms with Crippen molar-refractivity contribution in [3.8, 4) is 11.4 Å². The zero-order valence-corrected chi connectivity index (χ0v) is 15.6. The zero-order chi connectivity index (χ0) is 17.9. The average molecular weight is 366 g/mol. The fraction of sp³-hybridized carbons (Fsp3) is 0.350. The van der Waals surface area contributed by atoms with E-state index in [1.54, 1.807) is 18.5 Å². The first-order valence-electron chi connectivity index (χ1n) is 8.97. The molecule has 0 saturated carbocycles. The first-order chi connectivity index (χ1) is 12.7. The molecule has 1 atom stereocenters. The monoisotopic (exact) mass is 366 g/mol. The van der Waals surface area contributed by atoms with E-state index < -0.39 is 0 Å². The van der Waals surface area contributed by atoms with E-state index >= 15 is 0 Å². The smallest absolute Gasteiger partial charge is 0.251 e. The van der Waals surface area contributed by atoms with Crippen molar-refractivity contribution in [2.45, 2.75) is 32.2 Å². The Morgan fingerprint density at radius 3 is 3.04 bits per heavy atom. The highest BCUT2D eigenvalue weighted by Crippen LogP contribution is 2.28. The van der Waals surface area contributed by atoms with E-state index in [0.717, 1.165) is 43.7 Å². The van der Waals surface area contributed by atoms with Crippen molar-refractivity contribution in [1.29, 1.82) is 0 Å². The van der Waals surface area contributed by atoms with E-state index in [-0.39, 0.29) is 5.56 Å². The summed E-state index contributed by atoms with van der Waals surface area (Å²) in [6.45, 7) is 5.17. The molecule has 0 unspecified atom stereocenters. The van der Waals surface area contributed by atoms with Crippen LogP contribution in [0.3, 0.4) is 0 Å². The van der Waals surface area contributed by atoms with Gasteiger partial charge in [0.2, 0.25) is 0 Å². The lowest BCUT2D eigenvalue weighted by molar-refractivity contribution is 0.200. The quantitative estimate of drug-likeness (QED) is 0.767. The Hall–Kier alpha value is -2.31. The van der Waals surface area contributed by atoms with Crippen molar-refractivity contribution in [3.05, 3.63) is 68.5 Å². The molecule has 0 aromatic carbocycles. The fourth-order valence-electron chi connectivity index (χ4n) is 3.56. The molecular formula is C20H22N4OS. The molecule has 0 radical (unpaired) electrons. The topological polar surface area (TPSA) is 61.9 Å². The Morgan fingerprint density at radius 1 is 1.35 bits per heavy atom. The van der Waals surface area contributed by atoms with Gasteiger partial charge in [-0.2, -0.15) is 0 Å². The summed E-state index contributed by atoms with van der Waals surface area (Å²) in [5, 5.41) is 0. The maximum Gasteiger partial charge on any atom is 0.251 e. The minimum atomic E-state index is -0.0974. The number of hydrogen-bond donors (Lipinski definition) is 1. The number of aromatic nitrogens is 3. The van der Waals surface area contributed by atoms with Crippen LogP contribution < -0.4 is 5.56 Å². The molecule has 1 aliphatic heterocycles. The third-order valence-corrected chi connectivity index (χ3v) is 5.78. The number of thiophene rings is 1. The summed E-state index contributed by atoms with van der Waals surface area (Å²) in [6.07, 6.45) is 5.65. The molecule has 0 spiro atoms. The number of nitrogens with zero attached hydrogens (tertiary/aromatic N) is 3. The van der Waals surface area contributed by atoms with E-state index in [0.29, 0.717) is 11.7 Å². The number of likely N-dealkylation sites (tertiary alicyclic amines) is 1. The minimum absolute atomic E-state index is 0.0974. The number of aromatic amines is 1. The Bertz CT molecular complexity index is 934. The predicted molar refractivity (Wildman–Crippen MR) is 104 cm³/mol. The van der Waals surface area contributed by atoms with Crippen LogP contribution in [-0.2, 0) is 6.54 Å². The van der Waals surface area contributed by atoms with Gasteiger partial charge in [0.15, 0.2) is 0 Å². The van der Waals surface area contributed by atoms with Gasteiger partial charge in [-0.05, 0) is 50.6 Å². The highest BCUT2D eigenvalue weighted by atomic mass is 32.1. The van der Waals surface area contributed by atoms with Gasteiger partial charge in [-0.25, -0.2) is 4.98 Å². The van der Waals surface area contributed by atoms with Gasteiger partial charge in [-0.15, -0.1) is 11.3 Å². The predicted octanol–water partition coefficient (Wildman–Crippen LogP) is 3.58. The van der Waals surface area contributed by atoms with Crippen LogP contribution in [0.2, 0.25) is 0 Å². The second-order valence-electron chi connectivity index (χ2n) is 6.85. The molecule has 1 aliphatic rings.